The number of aryl methyl sites for hydroxylation is 1. The Hall–Kier alpha value is -1.17. The van der Waals surface area contributed by atoms with Crippen molar-refractivity contribution in [2.75, 3.05) is 0 Å². The molecule has 0 saturated carbocycles. The van der Waals surface area contributed by atoms with Gasteiger partial charge < -0.3 is 0 Å². The summed E-state index contributed by atoms with van der Waals surface area (Å²) in [6.07, 6.45) is 1.51. The normalized spacial score (nSPS) is 15.1. The monoisotopic (exact) mass is 365 g/mol. The highest BCUT2D eigenvalue weighted by atomic mass is 79.9. The molecule has 0 heterocycles. The predicted molar refractivity (Wildman–Crippen MR) is 86.8 cm³/mol. The topological polar surface area (TPSA) is 46.2 Å². The van der Waals surface area contributed by atoms with Gasteiger partial charge in [-0.05, 0) is 54.7 Å². The van der Waals surface area contributed by atoms with Gasteiger partial charge in [0.2, 0.25) is 10.0 Å². The van der Waals surface area contributed by atoms with Gasteiger partial charge in [-0.2, -0.15) is 0 Å². The summed E-state index contributed by atoms with van der Waals surface area (Å²) < 4.78 is 28.7. The molecule has 0 amide bonds. The molecule has 21 heavy (non-hydrogen) atoms. The highest BCUT2D eigenvalue weighted by Gasteiger charge is 2.26. The van der Waals surface area contributed by atoms with Gasteiger partial charge in [-0.3, -0.25) is 0 Å². The van der Waals surface area contributed by atoms with Crippen molar-refractivity contribution in [3.05, 3.63) is 63.6 Å². The van der Waals surface area contributed by atoms with E-state index in [0.717, 1.165) is 22.9 Å². The molecule has 0 fully saturated rings. The Kier molecular flexibility index (Phi) is 3.90. The third-order valence-corrected chi connectivity index (χ3v) is 6.22. The Morgan fingerprint density at radius 3 is 2.29 bits per heavy atom. The molecule has 0 radical (unpaired) electrons. The molecule has 0 unspecified atom stereocenters. The van der Waals surface area contributed by atoms with Crippen LogP contribution in [0.15, 0.2) is 51.8 Å². The number of fused-ring (bicyclic) bond motifs is 1. The summed E-state index contributed by atoms with van der Waals surface area (Å²) in [6.45, 7) is 1.88. The molecule has 110 valence electrons. The lowest BCUT2D eigenvalue weighted by Crippen LogP contribution is -2.35. The number of benzene rings is 2. The molecular weight excluding hydrogens is 350 g/mol. The van der Waals surface area contributed by atoms with Crippen LogP contribution in [-0.4, -0.2) is 14.5 Å². The predicted octanol–water partition coefficient (Wildman–Crippen LogP) is 3.20. The van der Waals surface area contributed by atoms with Crippen molar-refractivity contribution in [3.8, 4) is 0 Å². The van der Waals surface area contributed by atoms with Gasteiger partial charge in [0.15, 0.2) is 0 Å². The van der Waals surface area contributed by atoms with Crippen LogP contribution in [0.25, 0.3) is 0 Å². The van der Waals surface area contributed by atoms with Crippen LogP contribution >= 0.6 is 15.9 Å². The fourth-order valence-corrected chi connectivity index (χ4v) is 4.28. The number of hydrogen-bond acceptors (Lipinski definition) is 2. The summed E-state index contributed by atoms with van der Waals surface area (Å²) in [7, 11) is -3.47. The molecule has 0 spiro atoms. The van der Waals surface area contributed by atoms with E-state index in [9.17, 15) is 8.42 Å². The first-order chi connectivity index (χ1) is 9.95. The SMILES string of the molecule is Cc1cc(S(=O)(=O)NC2Cc3ccccc3C2)ccc1Br. The van der Waals surface area contributed by atoms with Gasteiger partial charge in [0, 0.05) is 10.5 Å². The van der Waals surface area contributed by atoms with Crippen LogP contribution in [0.3, 0.4) is 0 Å². The second-order valence-electron chi connectivity index (χ2n) is 5.41. The number of hydrogen-bond donors (Lipinski definition) is 1. The molecule has 5 heteroatoms. The van der Waals surface area contributed by atoms with E-state index in [1.807, 2.05) is 19.1 Å². The molecule has 0 saturated heterocycles. The molecule has 1 aliphatic carbocycles. The molecule has 0 bridgehead atoms. The first-order valence-electron chi connectivity index (χ1n) is 6.81. The highest BCUT2D eigenvalue weighted by molar-refractivity contribution is 9.10. The maximum Gasteiger partial charge on any atom is 0.240 e. The lowest BCUT2D eigenvalue weighted by molar-refractivity contribution is 0.555. The maximum absolute atomic E-state index is 12.5. The molecular formula is C16H16BrNO2S. The molecule has 1 aliphatic rings. The van der Waals surface area contributed by atoms with E-state index in [1.165, 1.54) is 11.1 Å². The summed E-state index contributed by atoms with van der Waals surface area (Å²) in [4.78, 5) is 0.319. The van der Waals surface area contributed by atoms with E-state index in [2.05, 4.69) is 32.8 Å². The summed E-state index contributed by atoms with van der Waals surface area (Å²) in [5, 5.41) is 0. The van der Waals surface area contributed by atoms with Gasteiger partial charge in [0.25, 0.3) is 0 Å². The largest absolute Gasteiger partial charge is 0.240 e. The summed E-state index contributed by atoms with van der Waals surface area (Å²) in [5.74, 6) is 0. The molecule has 0 aliphatic heterocycles. The number of halogens is 1. The van der Waals surface area contributed by atoms with Gasteiger partial charge in [-0.25, -0.2) is 13.1 Å². The number of sulfonamides is 1. The maximum atomic E-state index is 12.5. The Labute approximate surface area is 133 Å². The van der Waals surface area contributed by atoms with E-state index in [-0.39, 0.29) is 6.04 Å². The van der Waals surface area contributed by atoms with Crippen molar-refractivity contribution in [1.29, 1.82) is 0 Å². The van der Waals surface area contributed by atoms with E-state index in [0.29, 0.717) is 4.90 Å². The van der Waals surface area contributed by atoms with Crippen LogP contribution in [0.1, 0.15) is 16.7 Å². The zero-order valence-electron chi connectivity index (χ0n) is 11.6. The van der Waals surface area contributed by atoms with E-state index in [1.54, 1.807) is 18.2 Å². The van der Waals surface area contributed by atoms with E-state index < -0.39 is 10.0 Å². The van der Waals surface area contributed by atoms with Crippen molar-refractivity contribution in [1.82, 2.24) is 4.72 Å². The average molecular weight is 366 g/mol. The van der Waals surface area contributed by atoms with Crippen molar-refractivity contribution in [2.24, 2.45) is 0 Å². The first-order valence-corrected chi connectivity index (χ1v) is 9.08. The third-order valence-electron chi connectivity index (χ3n) is 3.81. The second-order valence-corrected chi connectivity index (χ2v) is 7.97. The molecule has 0 atom stereocenters. The van der Waals surface area contributed by atoms with Crippen molar-refractivity contribution in [2.45, 2.75) is 30.7 Å². The lowest BCUT2D eigenvalue weighted by Gasteiger charge is -2.13. The minimum absolute atomic E-state index is 0.0589. The zero-order valence-corrected chi connectivity index (χ0v) is 14.0. The van der Waals surface area contributed by atoms with E-state index in [4.69, 9.17) is 0 Å². The summed E-state index contributed by atoms with van der Waals surface area (Å²) in [6, 6.07) is 13.1. The van der Waals surface area contributed by atoms with Crippen molar-refractivity contribution in [3.63, 3.8) is 0 Å². The minimum atomic E-state index is -3.47. The smallest absolute Gasteiger partial charge is 0.207 e. The summed E-state index contributed by atoms with van der Waals surface area (Å²) >= 11 is 3.39. The second kappa shape index (κ2) is 5.55. The van der Waals surface area contributed by atoms with Crippen molar-refractivity contribution < 1.29 is 8.42 Å². The van der Waals surface area contributed by atoms with Crippen LogP contribution < -0.4 is 4.72 Å². The molecule has 3 nitrogen and oxygen atoms in total. The van der Waals surface area contributed by atoms with Crippen LogP contribution in [-0.2, 0) is 22.9 Å². The van der Waals surface area contributed by atoms with Gasteiger partial charge >= 0.3 is 0 Å². The molecule has 0 aromatic heterocycles. The highest BCUT2D eigenvalue weighted by Crippen LogP contribution is 2.24. The fourth-order valence-electron chi connectivity index (χ4n) is 2.71. The van der Waals surface area contributed by atoms with Gasteiger partial charge in [0.05, 0.1) is 4.90 Å². The minimum Gasteiger partial charge on any atom is -0.207 e. The van der Waals surface area contributed by atoms with Gasteiger partial charge in [0.1, 0.15) is 0 Å². The summed E-state index contributed by atoms with van der Waals surface area (Å²) in [5.41, 5.74) is 3.38. The van der Waals surface area contributed by atoms with Gasteiger partial charge in [-0.1, -0.05) is 40.2 Å². The Balaban J connectivity index is 1.80. The zero-order chi connectivity index (χ0) is 15.0. The average Bonchev–Trinajstić information content (AvgIpc) is 2.82. The Morgan fingerprint density at radius 1 is 1.10 bits per heavy atom. The number of rotatable bonds is 3. The standard InChI is InChI=1S/C16H16BrNO2S/c1-11-8-15(6-7-16(11)17)21(19,20)18-14-9-12-4-2-3-5-13(12)10-14/h2-8,14,18H,9-10H2,1H3. The first kappa shape index (κ1) is 14.8. The van der Waals surface area contributed by atoms with Crippen LogP contribution in [0.4, 0.5) is 0 Å². The quantitative estimate of drug-likeness (QED) is 0.907. The molecule has 2 aromatic rings. The number of nitrogens with one attached hydrogen (secondary N) is 1. The fraction of sp³-hybridized carbons (Fsp3) is 0.250. The van der Waals surface area contributed by atoms with Crippen LogP contribution in [0.5, 0.6) is 0 Å². The third kappa shape index (κ3) is 3.05. The lowest BCUT2D eigenvalue weighted by atomic mass is 10.1. The van der Waals surface area contributed by atoms with Crippen LogP contribution in [0.2, 0.25) is 0 Å². The van der Waals surface area contributed by atoms with Crippen LogP contribution in [0, 0.1) is 6.92 Å². The Bertz CT molecular complexity index is 762. The van der Waals surface area contributed by atoms with Crippen molar-refractivity contribution >= 4 is 26.0 Å². The van der Waals surface area contributed by atoms with E-state index >= 15 is 0 Å². The molecule has 3 rings (SSSR count). The molecule has 2 aromatic carbocycles. The molecule has 1 N–H and O–H groups in total. The Morgan fingerprint density at radius 2 is 1.71 bits per heavy atom. The van der Waals surface area contributed by atoms with Gasteiger partial charge in [-0.15, -0.1) is 0 Å².